The fraction of sp³-hybridized carbons (Fsp3) is 0.261. The lowest BCUT2D eigenvalue weighted by Crippen LogP contribution is -2.42. The summed E-state index contributed by atoms with van der Waals surface area (Å²) in [4.78, 5) is 37.8. The quantitative estimate of drug-likeness (QED) is 0.375. The van der Waals surface area contributed by atoms with Gasteiger partial charge in [-0.3, -0.25) is 14.5 Å². The number of rotatable bonds is 8. The van der Waals surface area contributed by atoms with E-state index in [0.717, 1.165) is 4.90 Å². The van der Waals surface area contributed by atoms with Gasteiger partial charge in [0.1, 0.15) is 18.5 Å². The van der Waals surface area contributed by atoms with Crippen molar-refractivity contribution in [2.45, 2.75) is 26.5 Å². The van der Waals surface area contributed by atoms with Crippen LogP contribution in [-0.2, 0) is 20.9 Å². The Morgan fingerprint density at radius 1 is 1.24 bits per heavy atom. The molecule has 1 atom stereocenters. The molecule has 174 valence electrons. The molecule has 3 rings (SSSR count). The molecule has 0 N–H and O–H groups in total. The number of halogens is 2. The minimum absolute atomic E-state index is 0.0594. The maximum absolute atomic E-state index is 13.9. The first-order chi connectivity index (χ1) is 15.8. The highest BCUT2D eigenvalue weighted by Crippen LogP contribution is 2.40. The molecule has 10 heteroatoms. The van der Waals surface area contributed by atoms with Crippen molar-refractivity contribution in [3.8, 4) is 11.5 Å². The molecule has 0 aromatic heterocycles. The molecule has 0 saturated carbocycles. The van der Waals surface area contributed by atoms with Crippen molar-refractivity contribution in [1.82, 2.24) is 4.90 Å². The fourth-order valence-corrected chi connectivity index (χ4v) is 4.26. The van der Waals surface area contributed by atoms with Crippen molar-refractivity contribution in [3.05, 3.63) is 63.3 Å². The highest BCUT2D eigenvalue weighted by Gasteiger charge is 2.41. The Kier molecular flexibility index (Phi) is 7.99. The molecule has 0 radical (unpaired) electrons. The second-order valence-electron chi connectivity index (χ2n) is 6.89. The van der Waals surface area contributed by atoms with Gasteiger partial charge in [0.2, 0.25) is 0 Å². The van der Waals surface area contributed by atoms with E-state index in [1.165, 1.54) is 26.2 Å². The number of carbonyl (C=O) groups excluding carboxylic acids is 3. The van der Waals surface area contributed by atoms with Crippen molar-refractivity contribution < 1.29 is 33.0 Å². The number of benzene rings is 2. The topological polar surface area (TPSA) is 82.1 Å². The van der Waals surface area contributed by atoms with Gasteiger partial charge in [0, 0.05) is 5.56 Å². The summed E-state index contributed by atoms with van der Waals surface area (Å²) < 4.78 is 29.9. The van der Waals surface area contributed by atoms with Gasteiger partial charge in [-0.25, -0.2) is 9.18 Å². The molecule has 1 fully saturated rings. The van der Waals surface area contributed by atoms with Crippen LogP contribution in [0.25, 0.3) is 6.08 Å². The Bertz CT molecular complexity index is 1120. The highest BCUT2D eigenvalue weighted by molar-refractivity contribution is 8.18. The number of carbonyl (C=O) groups is 3. The first kappa shape index (κ1) is 24.6. The molecule has 7 nitrogen and oxygen atoms in total. The molecular formula is C23H21ClFNO6S. The van der Waals surface area contributed by atoms with Gasteiger partial charge in [-0.1, -0.05) is 29.8 Å². The molecule has 0 aliphatic carbocycles. The average Bonchev–Trinajstić information content (AvgIpc) is 3.06. The van der Waals surface area contributed by atoms with Crippen LogP contribution in [0.3, 0.4) is 0 Å². The van der Waals surface area contributed by atoms with E-state index < -0.39 is 29.0 Å². The van der Waals surface area contributed by atoms with E-state index in [2.05, 4.69) is 4.74 Å². The summed E-state index contributed by atoms with van der Waals surface area (Å²) in [5, 5.41) is -0.393. The number of imide groups is 1. The zero-order valence-electron chi connectivity index (χ0n) is 18.1. The van der Waals surface area contributed by atoms with E-state index in [1.54, 1.807) is 37.3 Å². The Morgan fingerprint density at radius 3 is 2.64 bits per heavy atom. The Morgan fingerprint density at radius 2 is 1.97 bits per heavy atom. The van der Waals surface area contributed by atoms with E-state index in [1.807, 2.05) is 0 Å². The Hall–Kier alpha value is -3.04. The molecule has 0 bridgehead atoms. The van der Waals surface area contributed by atoms with Crippen LogP contribution in [0.1, 0.15) is 25.0 Å². The lowest BCUT2D eigenvalue weighted by molar-refractivity contribution is -0.148. The minimum Gasteiger partial charge on any atom is -0.490 e. The van der Waals surface area contributed by atoms with Gasteiger partial charge < -0.3 is 14.2 Å². The van der Waals surface area contributed by atoms with Gasteiger partial charge in [0.25, 0.3) is 11.1 Å². The summed E-state index contributed by atoms with van der Waals surface area (Å²) in [6.07, 6.45) is 1.48. The summed E-state index contributed by atoms with van der Waals surface area (Å²) in [5.74, 6) is -1.19. The molecule has 33 heavy (non-hydrogen) atoms. The highest BCUT2D eigenvalue weighted by atomic mass is 35.5. The molecular weight excluding hydrogens is 473 g/mol. The molecule has 2 aromatic carbocycles. The van der Waals surface area contributed by atoms with Crippen molar-refractivity contribution in [3.63, 3.8) is 0 Å². The summed E-state index contributed by atoms with van der Waals surface area (Å²) in [5.41, 5.74) is 0.839. The monoisotopic (exact) mass is 493 g/mol. The third-order valence-electron chi connectivity index (χ3n) is 4.71. The normalized spacial score (nSPS) is 15.7. The van der Waals surface area contributed by atoms with Crippen molar-refractivity contribution in [1.29, 1.82) is 0 Å². The number of amides is 2. The van der Waals surface area contributed by atoms with Gasteiger partial charge in [0.05, 0.1) is 23.6 Å². The first-order valence-electron chi connectivity index (χ1n) is 9.94. The number of hydrogen-bond donors (Lipinski definition) is 0. The van der Waals surface area contributed by atoms with Crippen LogP contribution in [0.2, 0.25) is 5.02 Å². The number of hydrogen-bond acceptors (Lipinski definition) is 7. The largest absolute Gasteiger partial charge is 0.490 e. The molecule has 1 aliphatic rings. The fourth-order valence-electron chi connectivity index (χ4n) is 3.08. The summed E-state index contributed by atoms with van der Waals surface area (Å²) in [7, 11) is 1.18. The zero-order valence-corrected chi connectivity index (χ0v) is 19.7. The lowest BCUT2D eigenvalue weighted by Gasteiger charge is -2.18. The third-order valence-corrected chi connectivity index (χ3v) is 5.88. The second-order valence-corrected chi connectivity index (χ2v) is 8.29. The average molecular weight is 494 g/mol. The van der Waals surface area contributed by atoms with Gasteiger partial charge in [0.15, 0.2) is 11.5 Å². The van der Waals surface area contributed by atoms with Gasteiger partial charge in [-0.2, -0.15) is 0 Å². The van der Waals surface area contributed by atoms with E-state index in [9.17, 15) is 18.8 Å². The second kappa shape index (κ2) is 10.7. The van der Waals surface area contributed by atoms with Crippen molar-refractivity contribution >= 4 is 46.6 Å². The minimum atomic E-state index is -1.05. The van der Waals surface area contributed by atoms with Crippen LogP contribution in [0.15, 0.2) is 41.3 Å². The number of nitrogens with zero attached hydrogens (tertiary/aromatic N) is 1. The number of thioether (sulfide) groups is 1. The van der Waals surface area contributed by atoms with E-state index in [-0.39, 0.29) is 22.3 Å². The Balaban J connectivity index is 1.88. The van der Waals surface area contributed by atoms with Crippen LogP contribution >= 0.6 is 23.4 Å². The maximum Gasteiger partial charge on any atom is 0.328 e. The zero-order chi connectivity index (χ0) is 24.1. The molecule has 2 amide bonds. The maximum atomic E-state index is 13.9. The predicted octanol–water partition coefficient (Wildman–Crippen LogP) is 5.05. The van der Waals surface area contributed by atoms with Gasteiger partial charge in [-0.05, 0) is 55.4 Å². The number of methoxy groups -OCH3 is 1. The van der Waals surface area contributed by atoms with Gasteiger partial charge >= 0.3 is 5.97 Å². The van der Waals surface area contributed by atoms with Crippen LogP contribution in [-0.4, -0.2) is 41.8 Å². The lowest BCUT2D eigenvalue weighted by atomic mass is 10.1. The molecule has 2 aromatic rings. The van der Waals surface area contributed by atoms with Crippen LogP contribution < -0.4 is 9.47 Å². The smallest absolute Gasteiger partial charge is 0.328 e. The van der Waals surface area contributed by atoms with E-state index in [0.29, 0.717) is 35.2 Å². The third kappa shape index (κ3) is 5.48. The van der Waals surface area contributed by atoms with E-state index >= 15 is 0 Å². The van der Waals surface area contributed by atoms with Crippen molar-refractivity contribution in [2.75, 3.05) is 13.7 Å². The molecule has 0 unspecified atom stereocenters. The van der Waals surface area contributed by atoms with Crippen molar-refractivity contribution in [2.24, 2.45) is 0 Å². The summed E-state index contributed by atoms with van der Waals surface area (Å²) in [6, 6.07) is 8.31. The Labute approximate surface area is 199 Å². The number of esters is 1. The number of ether oxygens (including phenoxy) is 3. The van der Waals surface area contributed by atoms with Crippen LogP contribution in [0.5, 0.6) is 11.5 Å². The molecule has 1 aliphatic heterocycles. The molecule has 1 heterocycles. The first-order valence-corrected chi connectivity index (χ1v) is 11.1. The molecule has 0 spiro atoms. The standard InChI is InChI=1S/C23H21ClFNO6S/c1-4-31-18-10-14(9-16(24)20(18)32-12-15-7-5-6-8-17(15)25)11-19-21(27)26(23(29)33-19)13(2)22(28)30-3/h5-11,13H,4,12H2,1-3H3/b19-11+/t13-/m1/s1. The summed E-state index contributed by atoms with van der Waals surface area (Å²) >= 11 is 7.11. The van der Waals surface area contributed by atoms with E-state index in [4.69, 9.17) is 21.1 Å². The van der Waals surface area contributed by atoms with Gasteiger partial charge in [-0.15, -0.1) is 0 Å². The van der Waals surface area contributed by atoms with Crippen LogP contribution in [0, 0.1) is 5.82 Å². The molecule has 1 saturated heterocycles. The SMILES string of the molecule is CCOc1cc(/C=C2/SC(=O)N([C@H](C)C(=O)OC)C2=O)cc(Cl)c1OCc1ccccc1F. The summed E-state index contributed by atoms with van der Waals surface area (Å²) in [6.45, 7) is 3.44. The van der Waals surface area contributed by atoms with Crippen LogP contribution in [0.4, 0.5) is 9.18 Å². The predicted molar refractivity (Wildman–Crippen MR) is 123 cm³/mol.